The van der Waals surface area contributed by atoms with Gasteiger partial charge in [-0.05, 0) is 80.7 Å². The molecule has 0 bridgehead atoms. The molecule has 2 atom stereocenters. The van der Waals surface area contributed by atoms with Gasteiger partial charge in [-0.2, -0.15) is 22.0 Å². The van der Waals surface area contributed by atoms with E-state index in [-0.39, 0.29) is 12.5 Å². The molecule has 1 aliphatic heterocycles. The highest BCUT2D eigenvalue weighted by Gasteiger charge is 2.35. The van der Waals surface area contributed by atoms with Crippen LogP contribution < -0.4 is 5.32 Å². The summed E-state index contributed by atoms with van der Waals surface area (Å²) < 4.78 is 67.6. The van der Waals surface area contributed by atoms with Gasteiger partial charge in [0.05, 0.1) is 15.6 Å². The molecule has 1 heterocycles. The Balaban J connectivity index is 1.77. The van der Waals surface area contributed by atoms with E-state index in [0.29, 0.717) is 28.6 Å². The Hall–Kier alpha value is -1.47. The Labute approximate surface area is 226 Å². The van der Waals surface area contributed by atoms with Crippen molar-refractivity contribution < 1.29 is 26.7 Å². The summed E-state index contributed by atoms with van der Waals surface area (Å²) in [6.07, 6.45) is -0.807. The van der Waals surface area contributed by atoms with Crippen molar-refractivity contribution in [1.29, 1.82) is 0 Å². The first-order valence-corrected chi connectivity index (χ1v) is 13.5. The van der Waals surface area contributed by atoms with Crippen LogP contribution in [0.3, 0.4) is 0 Å². The van der Waals surface area contributed by atoms with E-state index in [1.807, 2.05) is 0 Å². The van der Waals surface area contributed by atoms with E-state index >= 15 is 0 Å². The Bertz CT molecular complexity index is 1050. The fourth-order valence-electron chi connectivity index (χ4n) is 4.54. The highest BCUT2D eigenvalue weighted by molar-refractivity contribution is 7.17. The summed E-state index contributed by atoms with van der Waals surface area (Å²) in [5, 5.41) is 3.37. The summed E-state index contributed by atoms with van der Waals surface area (Å²) >= 11 is 12.3. The summed E-state index contributed by atoms with van der Waals surface area (Å²) in [6.45, 7) is 5.01. The first-order valence-electron chi connectivity index (χ1n) is 12.1. The topological polar surface area (TPSA) is 32.3 Å². The van der Waals surface area contributed by atoms with Gasteiger partial charge in [0.2, 0.25) is 0 Å². The second-order valence-electron chi connectivity index (χ2n) is 9.48. The SMILES string of the molecule is CCC1CCN(CCC(CNC(=O)c2cc(C(F)(F)F)cc(C(F)(F)P)c2)c2ccc(Cl)c(Cl)c2)CC1. The average molecular weight is 583 g/mol. The molecule has 1 saturated heterocycles. The minimum absolute atomic E-state index is 0.0884. The fraction of sp³-hybridized carbons (Fsp3) is 0.500. The molecule has 3 nitrogen and oxygen atoms in total. The molecule has 2 unspecified atom stereocenters. The quantitative estimate of drug-likeness (QED) is 0.240. The van der Waals surface area contributed by atoms with Gasteiger partial charge >= 0.3 is 6.18 Å². The second kappa shape index (κ2) is 12.6. The summed E-state index contributed by atoms with van der Waals surface area (Å²) in [7, 11) is 1.20. The lowest BCUT2D eigenvalue weighted by Gasteiger charge is -2.32. The first kappa shape index (κ1) is 30.1. The van der Waals surface area contributed by atoms with Crippen molar-refractivity contribution >= 4 is 38.3 Å². The third kappa shape index (κ3) is 8.51. The van der Waals surface area contributed by atoms with Crippen LogP contribution in [0.2, 0.25) is 10.0 Å². The summed E-state index contributed by atoms with van der Waals surface area (Å²) in [4.78, 5) is 15.2. The predicted molar refractivity (Wildman–Crippen MR) is 141 cm³/mol. The molecule has 204 valence electrons. The molecule has 0 spiro atoms. The van der Waals surface area contributed by atoms with Crippen molar-refractivity contribution in [3.05, 3.63) is 68.7 Å². The molecule has 0 aliphatic carbocycles. The molecular formula is C26H30Cl2F5N2OP. The van der Waals surface area contributed by atoms with E-state index < -0.39 is 34.4 Å². The van der Waals surface area contributed by atoms with Crippen LogP contribution in [0.25, 0.3) is 0 Å². The Morgan fingerprint density at radius 2 is 1.70 bits per heavy atom. The number of hydrogen-bond acceptors (Lipinski definition) is 2. The molecule has 2 aromatic carbocycles. The maximum atomic E-state index is 13.8. The standard InChI is InChI=1S/C26H30Cl2F5N2OP/c1-2-16-5-8-35(9-6-16)10-7-18(17-3-4-22(27)23(28)13-17)15-34-24(36)19-11-20(25(29,30)31)14-21(12-19)26(32,33)37/h3-4,11-14,16,18H,2,5-10,15,37H2,1H3,(H,34,36). The maximum absolute atomic E-state index is 13.8. The fourth-order valence-corrected chi connectivity index (χ4v) is 5.02. The number of nitrogens with one attached hydrogen (secondary N) is 1. The van der Waals surface area contributed by atoms with E-state index in [1.54, 1.807) is 18.2 Å². The first-order chi connectivity index (χ1) is 17.3. The number of piperidine rings is 1. The van der Waals surface area contributed by atoms with E-state index in [0.717, 1.165) is 56.4 Å². The van der Waals surface area contributed by atoms with Gasteiger partial charge in [0.25, 0.3) is 11.6 Å². The van der Waals surface area contributed by atoms with Crippen LogP contribution in [0.1, 0.15) is 65.6 Å². The molecule has 0 saturated carbocycles. The van der Waals surface area contributed by atoms with Crippen molar-refractivity contribution in [2.24, 2.45) is 5.92 Å². The van der Waals surface area contributed by atoms with Crippen LogP contribution >= 0.6 is 32.4 Å². The van der Waals surface area contributed by atoms with Crippen molar-refractivity contribution in [2.75, 3.05) is 26.2 Å². The number of rotatable bonds is 9. The number of likely N-dealkylation sites (tertiary alicyclic amines) is 1. The molecule has 37 heavy (non-hydrogen) atoms. The lowest BCUT2D eigenvalue weighted by atomic mass is 9.92. The summed E-state index contributed by atoms with van der Waals surface area (Å²) in [5.41, 5.74) is -5.51. The largest absolute Gasteiger partial charge is 0.416 e. The van der Waals surface area contributed by atoms with Crippen LogP contribution in [0.5, 0.6) is 0 Å². The molecule has 1 N–H and O–H groups in total. The Kier molecular flexibility index (Phi) is 10.2. The average Bonchev–Trinajstić information content (AvgIpc) is 2.84. The lowest BCUT2D eigenvalue weighted by molar-refractivity contribution is -0.137. The zero-order chi connectivity index (χ0) is 27.4. The number of halogens is 7. The number of benzene rings is 2. The van der Waals surface area contributed by atoms with Gasteiger partial charge in [-0.15, -0.1) is 0 Å². The number of carbonyl (C=O) groups excluding carboxylic acids is 1. The van der Waals surface area contributed by atoms with E-state index in [9.17, 15) is 26.7 Å². The smallest absolute Gasteiger partial charge is 0.351 e. The molecule has 2 aromatic rings. The number of alkyl halides is 5. The lowest BCUT2D eigenvalue weighted by Crippen LogP contribution is -2.36. The molecule has 0 aromatic heterocycles. The zero-order valence-corrected chi connectivity index (χ0v) is 23.0. The van der Waals surface area contributed by atoms with Crippen LogP contribution in [0.15, 0.2) is 36.4 Å². The van der Waals surface area contributed by atoms with Gasteiger partial charge in [-0.3, -0.25) is 4.79 Å². The number of nitrogens with zero attached hydrogens (tertiary/aromatic N) is 1. The van der Waals surface area contributed by atoms with Crippen molar-refractivity contribution in [1.82, 2.24) is 10.2 Å². The predicted octanol–water partition coefficient (Wildman–Crippen LogP) is 7.96. The molecule has 11 heteroatoms. The van der Waals surface area contributed by atoms with Crippen molar-refractivity contribution in [3.8, 4) is 0 Å². The van der Waals surface area contributed by atoms with Crippen LogP contribution in [-0.2, 0) is 11.8 Å². The van der Waals surface area contributed by atoms with Gasteiger partial charge < -0.3 is 10.2 Å². The normalized spacial score (nSPS) is 16.6. The van der Waals surface area contributed by atoms with E-state index in [4.69, 9.17) is 23.2 Å². The van der Waals surface area contributed by atoms with E-state index in [2.05, 4.69) is 17.1 Å². The second-order valence-corrected chi connectivity index (χ2v) is 11.0. The molecule has 1 fully saturated rings. The summed E-state index contributed by atoms with van der Waals surface area (Å²) in [6, 6.07) is 6.88. The van der Waals surface area contributed by atoms with Crippen LogP contribution in [0, 0.1) is 5.92 Å². The third-order valence-electron chi connectivity index (χ3n) is 6.91. The Morgan fingerprint density at radius 1 is 1.05 bits per heavy atom. The van der Waals surface area contributed by atoms with Crippen molar-refractivity contribution in [2.45, 2.75) is 50.4 Å². The molecular weight excluding hydrogens is 553 g/mol. The number of carbonyl (C=O) groups is 1. The number of amides is 1. The zero-order valence-electron chi connectivity index (χ0n) is 20.4. The molecule has 0 radical (unpaired) electrons. The number of hydrogen-bond donors (Lipinski definition) is 1. The monoisotopic (exact) mass is 582 g/mol. The molecule has 1 amide bonds. The maximum Gasteiger partial charge on any atom is 0.416 e. The van der Waals surface area contributed by atoms with Gasteiger partial charge in [-0.1, -0.05) is 51.9 Å². The highest BCUT2D eigenvalue weighted by atomic mass is 35.5. The van der Waals surface area contributed by atoms with Crippen molar-refractivity contribution in [3.63, 3.8) is 0 Å². The van der Waals surface area contributed by atoms with Gasteiger partial charge in [0.1, 0.15) is 0 Å². The molecule has 1 aliphatic rings. The van der Waals surface area contributed by atoms with Crippen LogP contribution in [0.4, 0.5) is 22.0 Å². The van der Waals surface area contributed by atoms with Crippen LogP contribution in [-0.4, -0.2) is 37.0 Å². The van der Waals surface area contributed by atoms with Gasteiger partial charge in [-0.25, -0.2) is 0 Å². The highest BCUT2D eigenvalue weighted by Crippen LogP contribution is 2.39. The van der Waals surface area contributed by atoms with Gasteiger partial charge in [0, 0.05) is 23.6 Å². The summed E-state index contributed by atoms with van der Waals surface area (Å²) in [5.74, 6) is -0.348. The minimum atomic E-state index is -4.88. The minimum Gasteiger partial charge on any atom is -0.351 e. The van der Waals surface area contributed by atoms with Gasteiger partial charge in [0.15, 0.2) is 0 Å². The van der Waals surface area contributed by atoms with E-state index in [1.165, 1.54) is 9.24 Å². The molecule has 3 rings (SSSR count). The third-order valence-corrected chi connectivity index (χ3v) is 7.98. The Morgan fingerprint density at radius 3 is 2.27 bits per heavy atom.